The van der Waals surface area contributed by atoms with Gasteiger partial charge in [-0.2, -0.15) is 0 Å². The monoisotopic (exact) mass is 170 g/mol. The van der Waals surface area contributed by atoms with E-state index in [1.807, 2.05) is 10.9 Å². The molecule has 0 bridgehead atoms. The molecular weight excluding hydrogens is 160 g/mol. The van der Waals surface area contributed by atoms with Crippen LogP contribution in [0.1, 0.15) is 12.1 Å². The molecule has 0 amide bonds. The normalized spacial score (nSPS) is 10.6. The summed E-state index contributed by atoms with van der Waals surface area (Å²) in [7, 11) is 1.54. The Morgan fingerprint density at radius 3 is 3.36 bits per heavy atom. The minimum atomic E-state index is 0.886. The highest BCUT2D eigenvalue weighted by atomic mass is 32.1. The molecule has 1 heterocycles. The van der Waals surface area contributed by atoms with Gasteiger partial charge >= 0.3 is 0 Å². The summed E-state index contributed by atoms with van der Waals surface area (Å²) < 4.78 is 0. The number of nitrogens with zero attached hydrogens (tertiary/aromatic N) is 2. The molecule has 1 aromatic heterocycles. The largest absolute Gasteiger partial charge is 0.399 e. The maximum absolute atomic E-state index is 4.51. The van der Waals surface area contributed by atoms with E-state index in [9.17, 15) is 0 Å². The lowest BCUT2D eigenvalue weighted by Gasteiger charge is -1.88. The first kappa shape index (κ1) is 8.20. The summed E-state index contributed by atoms with van der Waals surface area (Å²) in [4.78, 5) is 8.64. The van der Waals surface area contributed by atoms with Gasteiger partial charge in [0.1, 0.15) is 7.11 Å². The van der Waals surface area contributed by atoms with Gasteiger partial charge in [-0.1, -0.05) is 5.16 Å². The number of hydrogen-bond acceptors (Lipinski definition) is 4. The highest BCUT2D eigenvalue weighted by Crippen LogP contribution is 2.02. The first-order chi connectivity index (χ1) is 5.43. The Kier molecular flexibility index (Phi) is 3.61. The van der Waals surface area contributed by atoms with Crippen molar-refractivity contribution in [2.45, 2.75) is 12.8 Å². The van der Waals surface area contributed by atoms with Crippen molar-refractivity contribution in [3.63, 3.8) is 0 Å². The zero-order valence-electron chi connectivity index (χ0n) is 6.36. The van der Waals surface area contributed by atoms with Gasteiger partial charge in [0.25, 0.3) is 0 Å². The van der Waals surface area contributed by atoms with Crippen LogP contribution in [-0.4, -0.2) is 18.3 Å². The van der Waals surface area contributed by atoms with E-state index < -0.39 is 0 Å². The molecule has 0 radical (unpaired) electrons. The van der Waals surface area contributed by atoms with Crippen LogP contribution in [0.5, 0.6) is 0 Å². The molecule has 0 spiro atoms. The molecule has 0 unspecified atom stereocenters. The van der Waals surface area contributed by atoms with Crippen molar-refractivity contribution in [3.05, 3.63) is 16.6 Å². The summed E-state index contributed by atoms with van der Waals surface area (Å²) in [5, 5.41) is 5.66. The Hall–Kier alpha value is -0.900. The summed E-state index contributed by atoms with van der Waals surface area (Å²) in [6, 6.07) is 0. The van der Waals surface area contributed by atoms with Crippen molar-refractivity contribution in [2.75, 3.05) is 7.11 Å². The van der Waals surface area contributed by atoms with E-state index >= 15 is 0 Å². The number of aryl methyl sites for hydroxylation is 1. The molecule has 0 aromatic carbocycles. The molecule has 0 aliphatic rings. The second kappa shape index (κ2) is 4.85. The summed E-state index contributed by atoms with van der Waals surface area (Å²) in [6.07, 6.45) is 3.58. The summed E-state index contributed by atoms with van der Waals surface area (Å²) in [5.41, 5.74) is 2.96. The average molecular weight is 170 g/mol. The molecule has 1 aromatic rings. The van der Waals surface area contributed by atoms with Crippen molar-refractivity contribution in [3.8, 4) is 0 Å². The van der Waals surface area contributed by atoms with E-state index in [2.05, 4.69) is 15.0 Å². The summed E-state index contributed by atoms with van der Waals surface area (Å²) in [6.45, 7) is 0. The lowest BCUT2D eigenvalue weighted by Crippen LogP contribution is -1.85. The Balaban J connectivity index is 2.19. The van der Waals surface area contributed by atoms with Crippen molar-refractivity contribution in [1.29, 1.82) is 0 Å². The summed E-state index contributed by atoms with van der Waals surface area (Å²) >= 11 is 1.62. The van der Waals surface area contributed by atoms with Gasteiger partial charge in [0, 0.05) is 11.6 Å². The predicted molar refractivity (Wildman–Crippen MR) is 45.9 cm³/mol. The molecule has 0 atom stereocenters. The second-order valence-corrected chi connectivity index (χ2v) is 2.71. The van der Waals surface area contributed by atoms with Crippen LogP contribution < -0.4 is 0 Å². The number of aromatic nitrogens is 1. The topological polar surface area (TPSA) is 34.5 Å². The van der Waals surface area contributed by atoms with Crippen molar-refractivity contribution in [2.24, 2.45) is 5.16 Å². The van der Waals surface area contributed by atoms with Gasteiger partial charge in [0.2, 0.25) is 0 Å². The smallest absolute Gasteiger partial charge is 0.106 e. The van der Waals surface area contributed by atoms with Gasteiger partial charge in [0.15, 0.2) is 0 Å². The van der Waals surface area contributed by atoms with Crippen molar-refractivity contribution < 1.29 is 4.84 Å². The van der Waals surface area contributed by atoms with Gasteiger partial charge in [-0.3, -0.25) is 0 Å². The summed E-state index contributed by atoms with van der Waals surface area (Å²) in [5.74, 6) is 0. The van der Waals surface area contributed by atoms with Crippen LogP contribution in [0.3, 0.4) is 0 Å². The minimum absolute atomic E-state index is 0.886. The van der Waals surface area contributed by atoms with Crippen LogP contribution in [0.4, 0.5) is 0 Å². The van der Waals surface area contributed by atoms with Gasteiger partial charge in [-0.25, -0.2) is 4.98 Å². The second-order valence-electron chi connectivity index (χ2n) is 1.99. The molecular formula is C7H10N2OS. The van der Waals surface area contributed by atoms with Crippen molar-refractivity contribution >= 4 is 17.6 Å². The number of hydrogen-bond donors (Lipinski definition) is 0. The molecule has 0 saturated carbocycles. The van der Waals surface area contributed by atoms with E-state index in [1.54, 1.807) is 24.7 Å². The lowest BCUT2D eigenvalue weighted by atomic mass is 10.3. The first-order valence-electron chi connectivity index (χ1n) is 3.35. The number of rotatable bonds is 4. The zero-order chi connectivity index (χ0) is 7.94. The molecule has 0 N–H and O–H groups in total. The van der Waals surface area contributed by atoms with Crippen LogP contribution >= 0.6 is 11.3 Å². The van der Waals surface area contributed by atoms with Crippen LogP contribution in [0.15, 0.2) is 16.0 Å². The zero-order valence-corrected chi connectivity index (χ0v) is 7.17. The fraction of sp³-hybridized carbons (Fsp3) is 0.429. The third-order valence-corrected chi connectivity index (χ3v) is 1.83. The molecule has 0 saturated heterocycles. The highest BCUT2D eigenvalue weighted by molar-refractivity contribution is 7.07. The standard InChI is InChI=1S/C7H10N2OS/c1-10-9-4-2-3-7-5-11-6-8-7/h4-6H,2-3H2,1H3. The average Bonchev–Trinajstić information content (AvgIpc) is 2.50. The third-order valence-electron chi connectivity index (χ3n) is 1.19. The molecule has 1 rings (SSSR count). The maximum atomic E-state index is 4.51. The fourth-order valence-corrected chi connectivity index (χ4v) is 1.29. The van der Waals surface area contributed by atoms with Crippen LogP contribution in [0, 0.1) is 0 Å². The van der Waals surface area contributed by atoms with E-state index in [0.717, 1.165) is 18.5 Å². The minimum Gasteiger partial charge on any atom is -0.399 e. The molecule has 11 heavy (non-hydrogen) atoms. The number of oxime groups is 1. The van der Waals surface area contributed by atoms with Crippen molar-refractivity contribution in [1.82, 2.24) is 4.98 Å². The Morgan fingerprint density at radius 1 is 1.82 bits per heavy atom. The van der Waals surface area contributed by atoms with Crippen LogP contribution in [0.25, 0.3) is 0 Å². The Labute approximate surface area is 69.7 Å². The van der Waals surface area contributed by atoms with Gasteiger partial charge in [0.05, 0.1) is 11.2 Å². The van der Waals surface area contributed by atoms with E-state index in [-0.39, 0.29) is 0 Å². The Morgan fingerprint density at radius 2 is 2.73 bits per heavy atom. The van der Waals surface area contributed by atoms with Crippen LogP contribution in [-0.2, 0) is 11.3 Å². The quantitative estimate of drug-likeness (QED) is 0.509. The molecule has 60 valence electrons. The first-order valence-corrected chi connectivity index (χ1v) is 4.30. The SMILES string of the molecule is CON=CCCc1cscn1. The lowest BCUT2D eigenvalue weighted by molar-refractivity contribution is 0.214. The maximum Gasteiger partial charge on any atom is 0.106 e. The molecule has 3 nitrogen and oxygen atoms in total. The number of thiazole rings is 1. The van der Waals surface area contributed by atoms with Gasteiger partial charge in [-0.15, -0.1) is 11.3 Å². The van der Waals surface area contributed by atoms with E-state index in [4.69, 9.17) is 0 Å². The third kappa shape index (κ3) is 3.13. The van der Waals surface area contributed by atoms with E-state index in [1.165, 1.54) is 0 Å². The molecule has 0 aliphatic carbocycles. The van der Waals surface area contributed by atoms with Gasteiger partial charge in [-0.05, 0) is 12.8 Å². The van der Waals surface area contributed by atoms with Crippen LogP contribution in [0.2, 0.25) is 0 Å². The predicted octanol–water partition coefficient (Wildman–Crippen LogP) is 1.71. The van der Waals surface area contributed by atoms with Gasteiger partial charge < -0.3 is 4.84 Å². The fourth-order valence-electron chi connectivity index (χ4n) is 0.701. The van der Waals surface area contributed by atoms with E-state index in [0.29, 0.717) is 0 Å². The highest BCUT2D eigenvalue weighted by Gasteiger charge is 1.91. The Bertz CT molecular complexity index is 208. The molecule has 0 aliphatic heterocycles. The molecule has 4 heteroatoms. The molecule has 0 fully saturated rings.